The zero-order valence-corrected chi connectivity index (χ0v) is 12.5. The summed E-state index contributed by atoms with van der Waals surface area (Å²) in [4.78, 5) is 10.8. The predicted molar refractivity (Wildman–Crippen MR) is 65.5 cm³/mol. The van der Waals surface area contributed by atoms with Crippen LogP contribution in [-0.2, 0) is 27.9 Å². The van der Waals surface area contributed by atoms with E-state index in [1.54, 1.807) is 0 Å². The van der Waals surface area contributed by atoms with Crippen LogP contribution in [0.3, 0.4) is 0 Å². The van der Waals surface area contributed by atoms with Gasteiger partial charge in [0.25, 0.3) is 0 Å². The van der Waals surface area contributed by atoms with E-state index in [1.807, 2.05) is 0 Å². The van der Waals surface area contributed by atoms with Crippen LogP contribution >= 0.6 is 7.60 Å². The van der Waals surface area contributed by atoms with E-state index in [1.165, 1.54) is 13.8 Å². The Kier molecular flexibility index (Phi) is 6.06. The number of ether oxygens (including phenoxy) is 2. The van der Waals surface area contributed by atoms with E-state index in [-0.39, 0.29) is 26.1 Å². The van der Waals surface area contributed by atoms with Gasteiger partial charge in [-0.15, -0.1) is 0 Å². The molecule has 1 saturated heterocycles. The van der Waals surface area contributed by atoms with Gasteiger partial charge in [0.2, 0.25) is 6.29 Å². The van der Waals surface area contributed by atoms with Crippen molar-refractivity contribution in [2.24, 2.45) is 0 Å². The zero-order chi connectivity index (χ0) is 15.4. The van der Waals surface area contributed by atoms with Crippen LogP contribution in [0.5, 0.6) is 0 Å². The monoisotopic (exact) mass is 316 g/mol. The molecule has 0 saturated carbocycles. The lowest BCUT2D eigenvalue weighted by Crippen LogP contribution is -2.35. The molecule has 9 heteroatoms. The molecule has 0 aromatic rings. The molecule has 1 aliphatic rings. The fraction of sp³-hybridized carbons (Fsp3) is 0.909. The first-order valence-corrected chi connectivity index (χ1v) is 7.90. The maximum Gasteiger partial charge on any atom is 0.402 e. The third kappa shape index (κ3) is 3.75. The van der Waals surface area contributed by atoms with Crippen molar-refractivity contribution >= 4 is 13.6 Å². The van der Waals surface area contributed by atoms with E-state index in [4.69, 9.17) is 9.47 Å². The predicted octanol–water partition coefficient (Wildman–Crippen LogP) is 2.91. The first-order valence-electron chi connectivity index (χ1n) is 6.36. The van der Waals surface area contributed by atoms with Crippen LogP contribution in [0.4, 0.5) is 8.78 Å². The summed E-state index contributed by atoms with van der Waals surface area (Å²) in [6, 6.07) is 0. The summed E-state index contributed by atoms with van der Waals surface area (Å²) in [6.07, 6.45) is -2.72. The van der Waals surface area contributed by atoms with E-state index in [0.29, 0.717) is 0 Å². The SMILES string of the molecule is CCOP(=O)(OCC)C(F)(F)[C@@H]1CC[C@H](OC(C)=O)O1. The molecule has 1 rings (SSSR count). The van der Waals surface area contributed by atoms with E-state index < -0.39 is 31.6 Å². The molecule has 1 aliphatic heterocycles. The van der Waals surface area contributed by atoms with Crippen LogP contribution in [0.25, 0.3) is 0 Å². The van der Waals surface area contributed by atoms with Gasteiger partial charge in [0.15, 0.2) is 0 Å². The minimum Gasteiger partial charge on any atom is -0.436 e. The van der Waals surface area contributed by atoms with Gasteiger partial charge in [-0.3, -0.25) is 9.36 Å². The third-order valence-electron chi connectivity index (χ3n) is 2.63. The minimum absolute atomic E-state index is 0.102. The lowest BCUT2D eigenvalue weighted by atomic mass is 10.2. The van der Waals surface area contributed by atoms with E-state index in [0.717, 1.165) is 6.92 Å². The Labute approximate surface area is 116 Å². The maximum atomic E-state index is 14.3. The molecule has 0 spiro atoms. The van der Waals surface area contributed by atoms with Crippen LogP contribution in [-0.4, -0.2) is 37.2 Å². The molecule has 118 valence electrons. The Bertz CT molecular complexity index is 379. The molecular formula is C11H19F2O6P. The Morgan fingerprint density at radius 1 is 1.30 bits per heavy atom. The second kappa shape index (κ2) is 6.93. The number of carbonyl (C=O) groups excluding carboxylic acids is 1. The average molecular weight is 316 g/mol. The van der Waals surface area contributed by atoms with Crippen molar-refractivity contribution < 1.29 is 36.7 Å². The van der Waals surface area contributed by atoms with Gasteiger partial charge < -0.3 is 18.5 Å². The summed E-state index contributed by atoms with van der Waals surface area (Å²) in [5.41, 5.74) is -3.80. The number of esters is 1. The number of hydrogen-bond donors (Lipinski definition) is 0. The molecule has 6 nitrogen and oxygen atoms in total. The molecule has 2 atom stereocenters. The van der Waals surface area contributed by atoms with Crippen molar-refractivity contribution in [2.75, 3.05) is 13.2 Å². The largest absolute Gasteiger partial charge is 0.436 e. The van der Waals surface area contributed by atoms with Gasteiger partial charge in [0, 0.05) is 13.3 Å². The van der Waals surface area contributed by atoms with E-state index >= 15 is 0 Å². The molecule has 0 unspecified atom stereocenters. The number of alkyl halides is 2. The van der Waals surface area contributed by atoms with Gasteiger partial charge in [-0.1, -0.05) is 0 Å². The van der Waals surface area contributed by atoms with Crippen molar-refractivity contribution in [3.63, 3.8) is 0 Å². The second-order valence-electron chi connectivity index (χ2n) is 4.16. The van der Waals surface area contributed by atoms with Crippen LogP contribution in [0.2, 0.25) is 0 Å². The molecule has 0 bridgehead atoms. The maximum absolute atomic E-state index is 14.3. The van der Waals surface area contributed by atoms with Gasteiger partial charge in [-0.2, -0.15) is 8.78 Å². The Hall–Kier alpha value is -0.560. The first kappa shape index (κ1) is 17.5. The number of hydrogen-bond acceptors (Lipinski definition) is 6. The summed E-state index contributed by atoms with van der Waals surface area (Å²) in [5.74, 6) is -0.628. The van der Waals surface area contributed by atoms with Gasteiger partial charge in [0.05, 0.1) is 13.2 Å². The second-order valence-corrected chi connectivity index (χ2v) is 6.27. The van der Waals surface area contributed by atoms with Gasteiger partial charge in [0.1, 0.15) is 6.10 Å². The van der Waals surface area contributed by atoms with Crippen LogP contribution in [0.15, 0.2) is 0 Å². The minimum atomic E-state index is -4.63. The Morgan fingerprint density at radius 3 is 2.30 bits per heavy atom. The zero-order valence-electron chi connectivity index (χ0n) is 11.6. The summed E-state index contributed by atoms with van der Waals surface area (Å²) in [7, 11) is -4.63. The van der Waals surface area contributed by atoms with Gasteiger partial charge in [-0.05, 0) is 20.3 Å². The van der Waals surface area contributed by atoms with Crippen molar-refractivity contribution in [1.82, 2.24) is 0 Å². The topological polar surface area (TPSA) is 71.1 Å². The molecule has 0 aromatic carbocycles. The number of halogens is 2. The molecule has 20 heavy (non-hydrogen) atoms. The molecule has 0 aliphatic carbocycles. The number of carbonyl (C=O) groups is 1. The van der Waals surface area contributed by atoms with E-state index in [9.17, 15) is 18.1 Å². The van der Waals surface area contributed by atoms with Crippen LogP contribution < -0.4 is 0 Å². The average Bonchev–Trinajstić information content (AvgIpc) is 2.77. The van der Waals surface area contributed by atoms with E-state index in [2.05, 4.69) is 9.05 Å². The normalized spacial score (nSPS) is 23.9. The molecule has 0 radical (unpaired) electrons. The van der Waals surface area contributed by atoms with Crippen LogP contribution in [0.1, 0.15) is 33.6 Å². The highest BCUT2D eigenvalue weighted by Gasteiger charge is 2.61. The van der Waals surface area contributed by atoms with Crippen molar-refractivity contribution in [3.05, 3.63) is 0 Å². The summed E-state index contributed by atoms with van der Waals surface area (Å²) >= 11 is 0. The molecule has 0 amide bonds. The standard InChI is InChI=1S/C11H19F2O6P/c1-4-16-20(15,17-5-2)11(12,13)9-6-7-10(19-9)18-8(3)14/h9-10H,4-7H2,1-3H3/t9-,10+/m0/s1. The molecule has 0 N–H and O–H groups in total. The fourth-order valence-corrected chi connectivity index (χ4v) is 3.50. The van der Waals surface area contributed by atoms with Gasteiger partial charge in [-0.25, -0.2) is 0 Å². The molecular weight excluding hydrogens is 297 g/mol. The highest BCUT2D eigenvalue weighted by Crippen LogP contribution is 2.64. The number of rotatable bonds is 7. The van der Waals surface area contributed by atoms with Gasteiger partial charge >= 0.3 is 19.2 Å². The Balaban J connectivity index is 2.81. The summed E-state index contributed by atoms with van der Waals surface area (Å²) < 4.78 is 59.7. The Morgan fingerprint density at radius 2 is 1.85 bits per heavy atom. The van der Waals surface area contributed by atoms with Crippen molar-refractivity contribution in [2.45, 2.75) is 51.7 Å². The van der Waals surface area contributed by atoms with Crippen molar-refractivity contribution in [1.29, 1.82) is 0 Å². The molecule has 0 aromatic heterocycles. The highest BCUT2D eigenvalue weighted by molar-refractivity contribution is 7.55. The fourth-order valence-electron chi connectivity index (χ4n) is 1.86. The molecule has 1 fully saturated rings. The third-order valence-corrected chi connectivity index (χ3v) is 4.84. The van der Waals surface area contributed by atoms with Crippen molar-refractivity contribution in [3.8, 4) is 0 Å². The lowest BCUT2D eigenvalue weighted by Gasteiger charge is -2.29. The first-order chi connectivity index (χ1) is 9.26. The highest BCUT2D eigenvalue weighted by atomic mass is 31.2. The quantitative estimate of drug-likeness (QED) is 0.531. The summed E-state index contributed by atoms with van der Waals surface area (Å²) in [6.45, 7) is 3.69. The molecule has 1 heterocycles. The lowest BCUT2D eigenvalue weighted by molar-refractivity contribution is -0.187. The smallest absolute Gasteiger partial charge is 0.402 e. The van der Waals surface area contributed by atoms with Crippen LogP contribution in [0, 0.1) is 0 Å². The summed E-state index contributed by atoms with van der Waals surface area (Å²) in [5, 5.41) is 0.